The van der Waals surface area contributed by atoms with Crippen molar-refractivity contribution in [1.29, 1.82) is 0 Å². The number of benzene rings is 3. The number of ether oxygens (including phenoxy) is 1. The summed E-state index contributed by atoms with van der Waals surface area (Å²) in [5.41, 5.74) is 3.45. The molecule has 0 saturated heterocycles. The van der Waals surface area contributed by atoms with Crippen LogP contribution in [0, 0.1) is 0 Å². The molecule has 0 atom stereocenters. The van der Waals surface area contributed by atoms with E-state index in [2.05, 4.69) is 15.3 Å². The third kappa shape index (κ3) is 4.76. The van der Waals surface area contributed by atoms with E-state index in [1.54, 1.807) is 72.8 Å². The maximum atomic E-state index is 13.4. The van der Waals surface area contributed by atoms with Gasteiger partial charge in [0, 0.05) is 23.0 Å². The fourth-order valence-electron chi connectivity index (χ4n) is 3.78. The number of pyridine rings is 1. The molecule has 7 nitrogen and oxygen atoms in total. The summed E-state index contributed by atoms with van der Waals surface area (Å²) in [4.78, 5) is 36.7. The van der Waals surface area contributed by atoms with E-state index in [4.69, 9.17) is 4.74 Å². The van der Waals surface area contributed by atoms with Gasteiger partial charge in [-0.05, 0) is 66.7 Å². The highest BCUT2D eigenvalue weighted by Crippen LogP contribution is 2.28. The molecule has 5 rings (SSSR count). The molecule has 1 aliphatic rings. The predicted molar refractivity (Wildman–Crippen MR) is 140 cm³/mol. The van der Waals surface area contributed by atoms with Crippen LogP contribution < -0.4 is 15.0 Å². The summed E-state index contributed by atoms with van der Waals surface area (Å²) in [6.45, 7) is 0. The molecule has 3 aromatic carbocycles. The minimum absolute atomic E-state index is 0.257. The van der Waals surface area contributed by atoms with Crippen LogP contribution in [0.5, 0.6) is 5.75 Å². The summed E-state index contributed by atoms with van der Waals surface area (Å²) < 4.78 is 5.15. The molecule has 176 valence electrons. The van der Waals surface area contributed by atoms with E-state index in [1.807, 2.05) is 48.5 Å². The number of hydrogen-bond donors (Lipinski definition) is 1. The number of rotatable bonds is 6. The zero-order chi connectivity index (χ0) is 24.9. The van der Waals surface area contributed by atoms with Crippen LogP contribution in [0.1, 0.15) is 21.6 Å². The van der Waals surface area contributed by atoms with Gasteiger partial charge in [0.25, 0.3) is 11.8 Å². The van der Waals surface area contributed by atoms with Crippen LogP contribution in [0.4, 0.5) is 11.4 Å². The van der Waals surface area contributed by atoms with Crippen molar-refractivity contribution in [3.8, 4) is 5.75 Å². The Morgan fingerprint density at radius 3 is 2.28 bits per heavy atom. The number of carbonyl (C=O) groups excluding carboxylic acids is 2. The quantitative estimate of drug-likeness (QED) is 0.391. The monoisotopic (exact) mass is 474 g/mol. The Kier molecular flexibility index (Phi) is 6.36. The van der Waals surface area contributed by atoms with Gasteiger partial charge in [-0.2, -0.15) is 0 Å². The number of methoxy groups -OCH3 is 1. The van der Waals surface area contributed by atoms with Gasteiger partial charge in [-0.3, -0.25) is 19.5 Å². The van der Waals surface area contributed by atoms with Gasteiger partial charge in [0.2, 0.25) is 0 Å². The lowest BCUT2D eigenvalue weighted by Gasteiger charge is -2.19. The summed E-state index contributed by atoms with van der Waals surface area (Å²) in [6.07, 6.45) is 3.34. The maximum Gasteiger partial charge on any atom is 0.282 e. The number of aliphatic imine (C=N–C) groups is 1. The van der Waals surface area contributed by atoms with Crippen molar-refractivity contribution in [3.05, 3.63) is 126 Å². The Balaban J connectivity index is 1.42. The number of anilines is 2. The minimum Gasteiger partial charge on any atom is -0.497 e. The second-order valence-electron chi connectivity index (χ2n) is 7.96. The molecule has 4 aromatic rings. The fourth-order valence-corrected chi connectivity index (χ4v) is 3.78. The molecule has 1 N–H and O–H groups in total. The first-order chi connectivity index (χ1) is 17.6. The van der Waals surface area contributed by atoms with Gasteiger partial charge in [0.15, 0.2) is 0 Å². The van der Waals surface area contributed by atoms with E-state index in [-0.39, 0.29) is 17.5 Å². The van der Waals surface area contributed by atoms with E-state index >= 15 is 0 Å². The highest BCUT2D eigenvalue weighted by Gasteiger charge is 2.32. The Morgan fingerprint density at radius 1 is 0.889 bits per heavy atom. The SMILES string of the molecule is COc1ccc(NC(=O)c2ccc(N3C(=O)/C(=C/c4ccccn4)N=C3c3ccccc3)cc2)cc1. The molecule has 2 amide bonds. The number of amidine groups is 1. The van der Waals surface area contributed by atoms with Crippen LogP contribution in [-0.4, -0.2) is 29.7 Å². The van der Waals surface area contributed by atoms with Gasteiger partial charge >= 0.3 is 0 Å². The van der Waals surface area contributed by atoms with Crippen molar-refractivity contribution in [1.82, 2.24) is 4.98 Å². The third-order valence-electron chi connectivity index (χ3n) is 5.60. The van der Waals surface area contributed by atoms with Crippen LogP contribution in [0.15, 0.2) is 114 Å². The minimum atomic E-state index is -0.269. The number of nitrogens with one attached hydrogen (secondary N) is 1. The summed E-state index contributed by atoms with van der Waals surface area (Å²) in [5, 5.41) is 2.86. The van der Waals surface area contributed by atoms with Crippen molar-refractivity contribution < 1.29 is 14.3 Å². The first-order valence-electron chi connectivity index (χ1n) is 11.3. The van der Waals surface area contributed by atoms with Gasteiger partial charge < -0.3 is 10.1 Å². The zero-order valence-electron chi connectivity index (χ0n) is 19.5. The van der Waals surface area contributed by atoms with Crippen molar-refractivity contribution in [3.63, 3.8) is 0 Å². The van der Waals surface area contributed by atoms with E-state index in [0.717, 1.165) is 5.56 Å². The smallest absolute Gasteiger partial charge is 0.282 e. The van der Waals surface area contributed by atoms with Gasteiger partial charge in [-0.25, -0.2) is 4.99 Å². The largest absolute Gasteiger partial charge is 0.497 e. The Hall–Kier alpha value is -5.04. The molecule has 0 aliphatic carbocycles. The summed E-state index contributed by atoms with van der Waals surface area (Å²) in [6, 6.07) is 28.9. The van der Waals surface area contributed by atoms with Crippen molar-refractivity contribution in [2.75, 3.05) is 17.3 Å². The zero-order valence-corrected chi connectivity index (χ0v) is 19.5. The van der Waals surface area contributed by atoms with Crippen LogP contribution in [0.25, 0.3) is 6.08 Å². The lowest BCUT2D eigenvalue weighted by atomic mass is 10.1. The number of carbonyl (C=O) groups is 2. The van der Waals surface area contributed by atoms with Crippen LogP contribution >= 0.6 is 0 Å². The molecule has 0 spiro atoms. The second-order valence-corrected chi connectivity index (χ2v) is 7.96. The second kappa shape index (κ2) is 10.1. The van der Waals surface area contributed by atoms with Gasteiger partial charge in [-0.1, -0.05) is 36.4 Å². The van der Waals surface area contributed by atoms with E-state index in [1.165, 1.54) is 0 Å². The average molecular weight is 475 g/mol. The van der Waals surface area contributed by atoms with Gasteiger partial charge in [0.1, 0.15) is 17.3 Å². The lowest BCUT2D eigenvalue weighted by molar-refractivity contribution is -0.113. The number of amides is 2. The number of aromatic nitrogens is 1. The molecule has 0 fully saturated rings. The van der Waals surface area contributed by atoms with Gasteiger partial charge in [0.05, 0.1) is 18.5 Å². The molecule has 36 heavy (non-hydrogen) atoms. The van der Waals surface area contributed by atoms with Crippen molar-refractivity contribution in [2.45, 2.75) is 0 Å². The molecule has 0 bridgehead atoms. The molecule has 0 radical (unpaired) electrons. The normalized spacial score (nSPS) is 14.0. The summed E-state index contributed by atoms with van der Waals surface area (Å²) >= 11 is 0. The van der Waals surface area contributed by atoms with Crippen LogP contribution in [-0.2, 0) is 4.79 Å². The van der Waals surface area contributed by atoms with Crippen LogP contribution in [0.3, 0.4) is 0 Å². The molecule has 0 unspecified atom stereocenters. The van der Waals surface area contributed by atoms with E-state index in [0.29, 0.717) is 34.2 Å². The molecule has 1 aliphatic heterocycles. The number of nitrogens with zero attached hydrogens (tertiary/aromatic N) is 3. The molecule has 0 saturated carbocycles. The van der Waals surface area contributed by atoms with E-state index < -0.39 is 0 Å². The highest BCUT2D eigenvalue weighted by molar-refractivity contribution is 6.33. The van der Waals surface area contributed by atoms with Crippen molar-refractivity contribution >= 4 is 35.1 Å². The van der Waals surface area contributed by atoms with Crippen LogP contribution in [0.2, 0.25) is 0 Å². The Morgan fingerprint density at radius 2 is 1.61 bits per heavy atom. The lowest BCUT2D eigenvalue weighted by Crippen LogP contribution is -2.32. The first-order valence-corrected chi connectivity index (χ1v) is 11.3. The summed E-state index contributed by atoms with van der Waals surface area (Å²) in [5.74, 6) is 0.695. The maximum absolute atomic E-state index is 13.4. The number of hydrogen-bond acceptors (Lipinski definition) is 5. The predicted octanol–water partition coefficient (Wildman–Crippen LogP) is 5.18. The third-order valence-corrected chi connectivity index (χ3v) is 5.60. The molecule has 7 heteroatoms. The fraction of sp³-hybridized carbons (Fsp3) is 0.0345. The van der Waals surface area contributed by atoms with E-state index in [9.17, 15) is 9.59 Å². The topological polar surface area (TPSA) is 83.9 Å². The molecular formula is C29H22N4O3. The van der Waals surface area contributed by atoms with Gasteiger partial charge in [-0.15, -0.1) is 0 Å². The Labute approximate surface area is 208 Å². The Bertz CT molecular complexity index is 1450. The molecule has 2 heterocycles. The standard InChI is InChI=1S/C29H22N4O3/c1-36-25-16-12-22(13-17-25)31-28(34)21-10-14-24(15-11-21)33-27(20-7-3-2-4-8-20)32-26(29(33)35)19-23-9-5-6-18-30-23/h2-19H,1H3,(H,31,34)/b26-19-. The average Bonchev–Trinajstić information content (AvgIpc) is 3.25. The highest BCUT2D eigenvalue weighted by atomic mass is 16.5. The molecular weight excluding hydrogens is 452 g/mol. The molecule has 1 aromatic heterocycles. The van der Waals surface area contributed by atoms with Crippen molar-refractivity contribution in [2.24, 2.45) is 4.99 Å². The first kappa shape index (κ1) is 22.7. The summed E-state index contributed by atoms with van der Waals surface area (Å²) in [7, 11) is 1.59.